The molecule has 1 heteroatoms. The number of hydrogen-bond acceptors (Lipinski definition) is 1. The number of benzene rings is 3. The molecule has 0 fully saturated rings. The maximum absolute atomic E-state index is 3.57. The van der Waals surface area contributed by atoms with Crippen molar-refractivity contribution in [3.63, 3.8) is 0 Å². The summed E-state index contributed by atoms with van der Waals surface area (Å²) in [5, 5.41) is 6.24. The molecule has 0 aromatic heterocycles. The fourth-order valence-corrected chi connectivity index (χ4v) is 2.78. The van der Waals surface area contributed by atoms with Gasteiger partial charge in [0, 0.05) is 6.54 Å². The molecule has 0 atom stereocenters. The molecule has 0 amide bonds. The molecule has 3 aromatic carbocycles. The molecule has 0 unspecified atom stereocenters. The Balaban J connectivity index is 1.61. The summed E-state index contributed by atoms with van der Waals surface area (Å²) in [6.45, 7) is 4.11. The Hall–Kier alpha value is -2.12. The Labute approximate surface area is 126 Å². The van der Waals surface area contributed by atoms with Gasteiger partial charge in [-0.25, -0.2) is 0 Å². The second kappa shape index (κ2) is 6.55. The van der Waals surface area contributed by atoms with Crippen molar-refractivity contribution >= 4 is 10.8 Å². The minimum absolute atomic E-state index is 0.924. The zero-order valence-corrected chi connectivity index (χ0v) is 12.5. The summed E-state index contributed by atoms with van der Waals surface area (Å²) in [5.41, 5.74) is 4.19. The fourth-order valence-electron chi connectivity index (χ4n) is 2.78. The molecule has 0 saturated heterocycles. The number of fused-ring (bicyclic) bond motifs is 1. The highest BCUT2D eigenvalue weighted by molar-refractivity contribution is 5.85. The third kappa shape index (κ3) is 3.32. The van der Waals surface area contributed by atoms with E-state index in [2.05, 4.69) is 79.0 Å². The van der Waals surface area contributed by atoms with Gasteiger partial charge in [-0.1, -0.05) is 66.7 Å². The van der Waals surface area contributed by atoms with Crippen LogP contribution in [0.3, 0.4) is 0 Å². The van der Waals surface area contributed by atoms with Gasteiger partial charge in [0.15, 0.2) is 0 Å². The molecule has 0 heterocycles. The predicted octanol–water partition coefficient (Wildman–Crippen LogP) is 4.48. The Morgan fingerprint density at radius 1 is 0.762 bits per heavy atom. The fraction of sp³-hybridized carbons (Fsp3) is 0.200. The van der Waals surface area contributed by atoms with Gasteiger partial charge < -0.3 is 5.32 Å². The van der Waals surface area contributed by atoms with Crippen LogP contribution in [0.4, 0.5) is 0 Å². The third-order valence-corrected chi connectivity index (χ3v) is 4.03. The van der Waals surface area contributed by atoms with Crippen LogP contribution in [-0.4, -0.2) is 6.54 Å². The summed E-state index contributed by atoms with van der Waals surface area (Å²) in [5.74, 6) is 0. The molecule has 0 radical (unpaired) electrons. The molecule has 0 aliphatic rings. The first-order valence-electron chi connectivity index (χ1n) is 7.56. The smallest absolute Gasteiger partial charge is 0.0211 e. The van der Waals surface area contributed by atoms with E-state index in [0.717, 1.165) is 19.5 Å². The van der Waals surface area contributed by atoms with Gasteiger partial charge in [-0.15, -0.1) is 0 Å². The van der Waals surface area contributed by atoms with E-state index in [1.54, 1.807) is 0 Å². The van der Waals surface area contributed by atoms with E-state index in [1.165, 1.54) is 27.5 Å². The van der Waals surface area contributed by atoms with E-state index < -0.39 is 0 Å². The standard InChI is InChI=1S/C20H21N/c1-16-7-2-3-8-17(16)13-14-21-15-19-11-6-10-18-9-4-5-12-20(18)19/h2-12,21H,13-15H2,1H3. The quantitative estimate of drug-likeness (QED) is 0.677. The third-order valence-electron chi connectivity index (χ3n) is 4.03. The molecule has 0 saturated carbocycles. The van der Waals surface area contributed by atoms with Crippen molar-refractivity contribution in [3.8, 4) is 0 Å². The van der Waals surface area contributed by atoms with Gasteiger partial charge in [0.05, 0.1) is 0 Å². The van der Waals surface area contributed by atoms with Gasteiger partial charge in [-0.3, -0.25) is 0 Å². The van der Waals surface area contributed by atoms with E-state index in [9.17, 15) is 0 Å². The molecule has 21 heavy (non-hydrogen) atoms. The Morgan fingerprint density at radius 2 is 1.48 bits per heavy atom. The highest BCUT2D eigenvalue weighted by Crippen LogP contribution is 2.18. The van der Waals surface area contributed by atoms with Crippen LogP contribution >= 0.6 is 0 Å². The average Bonchev–Trinajstić information content (AvgIpc) is 2.53. The van der Waals surface area contributed by atoms with Crippen molar-refractivity contribution in [2.24, 2.45) is 0 Å². The van der Waals surface area contributed by atoms with Crippen molar-refractivity contribution < 1.29 is 0 Å². The van der Waals surface area contributed by atoms with E-state index in [4.69, 9.17) is 0 Å². The summed E-state index contributed by atoms with van der Waals surface area (Å²) in [4.78, 5) is 0. The van der Waals surface area contributed by atoms with E-state index in [-0.39, 0.29) is 0 Å². The summed E-state index contributed by atoms with van der Waals surface area (Å²) in [6, 6.07) is 23.7. The molecule has 106 valence electrons. The first kappa shape index (κ1) is 13.8. The van der Waals surface area contributed by atoms with Crippen LogP contribution in [0.15, 0.2) is 66.7 Å². The molecule has 0 aliphatic heterocycles. The molecule has 0 aliphatic carbocycles. The summed E-state index contributed by atoms with van der Waals surface area (Å²) >= 11 is 0. The van der Waals surface area contributed by atoms with Crippen LogP contribution < -0.4 is 5.32 Å². The van der Waals surface area contributed by atoms with Crippen molar-refractivity contribution in [2.75, 3.05) is 6.54 Å². The Kier molecular flexibility index (Phi) is 4.32. The van der Waals surface area contributed by atoms with Crippen molar-refractivity contribution in [1.82, 2.24) is 5.32 Å². The first-order chi connectivity index (χ1) is 10.3. The van der Waals surface area contributed by atoms with Crippen LogP contribution in [0.5, 0.6) is 0 Å². The van der Waals surface area contributed by atoms with Gasteiger partial charge in [0.25, 0.3) is 0 Å². The second-order valence-electron chi connectivity index (χ2n) is 5.49. The number of rotatable bonds is 5. The lowest BCUT2D eigenvalue weighted by molar-refractivity contribution is 0.688. The second-order valence-corrected chi connectivity index (χ2v) is 5.49. The molecule has 3 rings (SSSR count). The van der Waals surface area contributed by atoms with Crippen molar-refractivity contribution in [1.29, 1.82) is 0 Å². The molecule has 0 spiro atoms. The van der Waals surface area contributed by atoms with E-state index in [1.807, 2.05) is 0 Å². The molecule has 0 bridgehead atoms. The van der Waals surface area contributed by atoms with Crippen molar-refractivity contribution in [2.45, 2.75) is 19.9 Å². The van der Waals surface area contributed by atoms with Gasteiger partial charge >= 0.3 is 0 Å². The SMILES string of the molecule is Cc1ccccc1CCNCc1cccc2ccccc12. The Bertz CT molecular complexity index is 725. The summed E-state index contributed by atoms with van der Waals surface area (Å²) in [7, 11) is 0. The first-order valence-corrected chi connectivity index (χ1v) is 7.56. The van der Waals surface area contributed by atoms with E-state index in [0.29, 0.717) is 0 Å². The minimum Gasteiger partial charge on any atom is -0.312 e. The van der Waals surface area contributed by atoms with Crippen LogP contribution in [0.1, 0.15) is 16.7 Å². The maximum atomic E-state index is 3.57. The minimum atomic E-state index is 0.924. The summed E-state index contributed by atoms with van der Waals surface area (Å²) in [6.07, 6.45) is 1.08. The highest BCUT2D eigenvalue weighted by Gasteiger charge is 2.00. The predicted molar refractivity (Wildman–Crippen MR) is 90.5 cm³/mol. The lowest BCUT2D eigenvalue weighted by Gasteiger charge is -2.09. The zero-order valence-electron chi connectivity index (χ0n) is 12.5. The molecule has 3 aromatic rings. The normalized spacial score (nSPS) is 10.9. The lowest BCUT2D eigenvalue weighted by Crippen LogP contribution is -2.17. The largest absolute Gasteiger partial charge is 0.312 e. The van der Waals surface area contributed by atoms with Gasteiger partial charge in [-0.2, -0.15) is 0 Å². The van der Waals surface area contributed by atoms with Crippen LogP contribution in [0.2, 0.25) is 0 Å². The van der Waals surface area contributed by atoms with Crippen LogP contribution in [-0.2, 0) is 13.0 Å². The number of hydrogen-bond donors (Lipinski definition) is 1. The topological polar surface area (TPSA) is 12.0 Å². The maximum Gasteiger partial charge on any atom is 0.0211 e. The van der Waals surface area contributed by atoms with Gasteiger partial charge in [0.2, 0.25) is 0 Å². The lowest BCUT2D eigenvalue weighted by atomic mass is 10.0. The van der Waals surface area contributed by atoms with Gasteiger partial charge in [0.1, 0.15) is 0 Å². The molecule has 1 N–H and O–H groups in total. The van der Waals surface area contributed by atoms with Gasteiger partial charge in [-0.05, 0) is 47.4 Å². The van der Waals surface area contributed by atoms with Crippen LogP contribution in [0.25, 0.3) is 10.8 Å². The number of aryl methyl sites for hydroxylation is 1. The number of nitrogens with one attached hydrogen (secondary N) is 1. The molecular weight excluding hydrogens is 254 g/mol. The van der Waals surface area contributed by atoms with Crippen LogP contribution in [0, 0.1) is 6.92 Å². The molecular formula is C20H21N. The highest BCUT2D eigenvalue weighted by atomic mass is 14.8. The average molecular weight is 275 g/mol. The monoisotopic (exact) mass is 275 g/mol. The molecule has 1 nitrogen and oxygen atoms in total. The summed E-state index contributed by atoms with van der Waals surface area (Å²) < 4.78 is 0. The Morgan fingerprint density at radius 3 is 2.38 bits per heavy atom. The van der Waals surface area contributed by atoms with E-state index >= 15 is 0 Å². The zero-order chi connectivity index (χ0) is 14.5. The van der Waals surface area contributed by atoms with Crippen molar-refractivity contribution in [3.05, 3.63) is 83.4 Å².